The third-order valence-corrected chi connectivity index (χ3v) is 3.18. The van der Waals surface area contributed by atoms with Gasteiger partial charge in [0.05, 0.1) is 0 Å². The van der Waals surface area contributed by atoms with E-state index in [-0.39, 0.29) is 0 Å². The summed E-state index contributed by atoms with van der Waals surface area (Å²) in [5.74, 6) is 0.922. The summed E-state index contributed by atoms with van der Waals surface area (Å²) < 4.78 is 5.60. The van der Waals surface area contributed by atoms with Gasteiger partial charge in [-0.2, -0.15) is 0 Å². The summed E-state index contributed by atoms with van der Waals surface area (Å²) in [5.41, 5.74) is 2.42. The average molecular weight is 261 g/mol. The first kappa shape index (κ1) is 15.8. The van der Waals surface area contributed by atoms with Crippen LogP contribution in [-0.2, 0) is 6.42 Å². The predicted octanol–water partition coefficient (Wildman–Crippen LogP) is 3.96. The van der Waals surface area contributed by atoms with Crippen molar-refractivity contribution in [2.24, 2.45) is 0 Å². The molecular formula is C17H27NO. The molecule has 0 aromatic heterocycles. The number of ether oxygens (including phenoxy) is 1. The van der Waals surface area contributed by atoms with Crippen molar-refractivity contribution in [2.75, 3.05) is 13.2 Å². The number of hydrogen-bond acceptors (Lipinski definition) is 2. The molecule has 1 rings (SSSR count). The van der Waals surface area contributed by atoms with Crippen LogP contribution in [0.4, 0.5) is 0 Å². The number of benzene rings is 1. The van der Waals surface area contributed by atoms with E-state index in [4.69, 9.17) is 4.74 Å². The molecule has 2 nitrogen and oxygen atoms in total. The molecule has 0 radical (unpaired) electrons. The van der Waals surface area contributed by atoms with Gasteiger partial charge in [0, 0.05) is 6.04 Å². The van der Waals surface area contributed by atoms with Crippen LogP contribution < -0.4 is 10.1 Å². The summed E-state index contributed by atoms with van der Waals surface area (Å²) in [5, 5.41) is 3.51. The Balaban J connectivity index is 2.41. The van der Waals surface area contributed by atoms with Crippen molar-refractivity contribution < 1.29 is 4.74 Å². The van der Waals surface area contributed by atoms with Gasteiger partial charge in [0.1, 0.15) is 12.4 Å². The first-order chi connectivity index (χ1) is 9.15. The molecule has 0 amide bonds. The van der Waals surface area contributed by atoms with Crippen LogP contribution in [-0.4, -0.2) is 19.2 Å². The standard InChI is InChI=1S/C17H27NO/c1-5-16(18-6-2)10-7-15-8-11-17(12-9-15)19-13-14(3)4/h8-9,11-12,16,18H,3,5-7,10,13H2,1-2,4H3/t16-/m0/s1. The average Bonchev–Trinajstić information content (AvgIpc) is 2.42. The lowest BCUT2D eigenvalue weighted by Gasteiger charge is -2.15. The summed E-state index contributed by atoms with van der Waals surface area (Å²) >= 11 is 0. The van der Waals surface area contributed by atoms with E-state index in [9.17, 15) is 0 Å². The molecule has 19 heavy (non-hydrogen) atoms. The molecule has 0 heterocycles. The fourth-order valence-corrected chi connectivity index (χ4v) is 2.04. The Morgan fingerprint density at radius 2 is 1.95 bits per heavy atom. The maximum absolute atomic E-state index is 5.60. The zero-order valence-corrected chi connectivity index (χ0v) is 12.5. The largest absolute Gasteiger partial charge is 0.489 e. The van der Waals surface area contributed by atoms with Crippen molar-refractivity contribution >= 4 is 0 Å². The minimum absolute atomic E-state index is 0.595. The van der Waals surface area contributed by atoms with Crippen LogP contribution in [0.5, 0.6) is 5.75 Å². The number of aryl methyl sites for hydroxylation is 1. The summed E-state index contributed by atoms with van der Waals surface area (Å²) in [4.78, 5) is 0. The Morgan fingerprint density at radius 3 is 2.47 bits per heavy atom. The van der Waals surface area contributed by atoms with Gasteiger partial charge in [0.25, 0.3) is 0 Å². The molecule has 0 aliphatic carbocycles. The van der Waals surface area contributed by atoms with Crippen LogP contribution in [0.1, 0.15) is 39.2 Å². The van der Waals surface area contributed by atoms with Gasteiger partial charge in [-0.05, 0) is 56.0 Å². The van der Waals surface area contributed by atoms with Gasteiger partial charge in [0.15, 0.2) is 0 Å². The molecule has 0 aliphatic heterocycles. The monoisotopic (exact) mass is 261 g/mol. The predicted molar refractivity (Wildman–Crippen MR) is 82.8 cm³/mol. The fourth-order valence-electron chi connectivity index (χ4n) is 2.04. The van der Waals surface area contributed by atoms with Crippen molar-refractivity contribution in [1.29, 1.82) is 0 Å². The van der Waals surface area contributed by atoms with Crippen LogP contribution in [0.2, 0.25) is 0 Å². The molecule has 0 spiro atoms. The maximum Gasteiger partial charge on any atom is 0.119 e. The second-order valence-electron chi connectivity index (χ2n) is 5.09. The molecule has 0 bridgehead atoms. The van der Waals surface area contributed by atoms with E-state index in [0.29, 0.717) is 12.6 Å². The van der Waals surface area contributed by atoms with Crippen LogP contribution in [0.25, 0.3) is 0 Å². The van der Waals surface area contributed by atoms with E-state index in [1.54, 1.807) is 0 Å². The van der Waals surface area contributed by atoms with Gasteiger partial charge in [-0.3, -0.25) is 0 Å². The second-order valence-corrected chi connectivity index (χ2v) is 5.09. The van der Waals surface area contributed by atoms with Gasteiger partial charge >= 0.3 is 0 Å². The Bertz CT molecular complexity index is 369. The molecule has 106 valence electrons. The summed E-state index contributed by atoms with van der Waals surface area (Å²) in [6.07, 6.45) is 3.50. The highest BCUT2D eigenvalue weighted by molar-refractivity contribution is 5.27. The van der Waals surface area contributed by atoms with E-state index in [2.05, 4.69) is 37.9 Å². The Morgan fingerprint density at radius 1 is 1.26 bits per heavy atom. The maximum atomic E-state index is 5.60. The highest BCUT2D eigenvalue weighted by atomic mass is 16.5. The first-order valence-corrected chi connectivity index (χ1v) is 7.25. The van der Waals surface area contributed by atoms with Gasteiger partial charge in [-0.15, -0.1) is 0 Å². The van der Waals surface area contributed by atoms with Crippen LogP contribution in [0, 0.1) is 0 Å². The number of hydrogen-bond donors (Lipinski definition) is 1. The quantitative estimate of drug-likeness (QED) is 0.679. The highest BCUT2D eigenvalue weighted by Crippen LogP contribution is 2.15. The zero-order chi connectivity index (χ0) is 14.1. The molecule has 0 saturated heterocycles. The molecule has 2 heteroatoms. The third-order valence-electron chi connectivity index (χ3n) is 3.18. The first-order valence-electron chi connectivity index (χ1n) is 7.25. The van der Waals surface area contributed by atoms with Gasteiger partial charge in [0.2, 0.25) is 0 Å². The van der Waals surface area contributed by atoms with Crippen molar-refractivity contribution in [3.8, 4) is 5.75 Å². The lowest BCUT2D eigenvalue weighted by atomic mass is 10.0. The van der Waals surface area contributed by atoms with Gasteiger partial charge in [-0.25, -0.2) is 0 Å². The van der Waals surface area contributed by atoms with E-state index < -0.39 is 0 Å². The van der Waals surface area contributed by atoms with E-state index in [1.807, 2.05) is 19.1 Å². The lowest BCUT2D eigenvalue weighted by molar-refractivity contribution is 0.352. The van der Waals surface area contributed by atoms with E-state index in [1.165, 1.54) is 18.4 Å². The summed E-state index contributed by atoms with van der Waals surface area (Å²) in [7, 11) is 0. The lowest BCUT2D eigenvalue weighted by Crippen LogP contribution is -2.28. The van der Waals surface area contributed by atoms with Gasteiger partial charge < -0.3 is 10.1 Å². The van der Waals surface area contributed by atoms with Crippen molar-refractivity contribution in [1.82, 2.24) is 5.32 Å². The Hall–Kier alpha value is -1.28. The molecule has 0 fully saturated rings. The molecular weight excluding hydrogens is 234 g/mol. The van der Waals surface area contributed by atoms with Crippen LogP contribution in [0.3, 0.4) is 0 Å². The second kappa shape index (κ2) is 8.76. The van der Waals surface area contributed by atoms with E-state index >= 15 is 0 Å². The highest BCUT2D eigenvalue weighted by Gasteiger charge is 2.04. The Labute approximate surface area is 117 Å². The van der Waals surface area contributed by atoms with Crippen LogP contribution in [0.15, 0.2) is 36.4 Å². The van der Waals surface area contributed by atoms with Crippen molar-refractivity contribution in [2.45, 2.75) is 46.1 Å². The molecule has 1 atom stereocenters. The van der Waals surface area contributed by atoms with Crippen molar-refractivity contribution in [3.63, 3.8) is 0 Å². The normalized spacial score (nSPS) is 12.2. The zero-order valence-electron chi connectivity index (χ0n) is 12.5. The third kappa shape index (κ3) is 6.44. The molecule has 0 saturated carbocycles. The van der Waals surface area contributed by atoms with Crippen LogP contribution >= 0.6 is 0 Å². The molecule has 0 unspecified atom stereocenters. The topological polar surface area (TPSA) is 21.3 Å². The number of rotatable bonds is 9. The summed E-state index contributed by atoms with van der Waals surface area (Å²) in [6, 6.07) is 9.04. The minimum Gasteiger partial charge on any atom is -0.489 e. The SMILES string of the molecule is C=C(C)COc1ccc(CC[C@H](CC)NCC)cc1. The van der Waals surface area contributed by atoms with Gasteiger partial charge in [-0.1, -0.05) is 32.6 Å². The molecule has 0 aliphatic rings. The Kier molecular flexibility index (Phi) is 7.27. The molecule has 1 N–H and O–H groups in total. The molecule has 1 aromatic rings. The van der Waals surface area contributed by atoms with E-state index in [0.717, 1.165) is 24.3 Å². The number of nitrogens with one attached hydrogen (secondary N) is 1. The smallest absolute Gasteiger partial charge is 0.119 e. The summed E-state index contributed by atoms with van der Waals surface area (Å²) in [6.45, 7) is 11.8. The molecule has 1 aromatic carbocycles. The minimum atomic E-state index is 0.595. The van der Waals surface area contributed by atoms with Crippen molar-refractivity contribution in [3.05, 3.63) is 42.0 Å². The fraction of sp³-hybridized carbons (Fsp3) is 0.529.